The highest BCUT2D eigenvalue weighted by atomic mass is 32.2. The summed E-state index contributed by atoms with van der Waals surface area (Å²) in [6.45, 7) is 2.27. The van der Waals surface area contributed by atoms with E-state index >= 15 is 0 Å². The van der Waals surface area contributed by atoms with Crippen LogP contribution in [0.25, 0.3) is 0 Å². The molecule has 4 rings (SSSR count). The topological polar surface area (TPSA) is 101 Å². The van der Waals surface area contributed by atoms with E-state index in [1.54, 1.807) is 42.7 Å². The van der Waals surface area contributed by atoms with Gasteiger partial charge in [-0.25, -0.2) is 8.42 Å². The fraction of sp³-hybridized carbons (Fsp3) is 0.292. The third kappa shape index (κ3) is 5.55. The Bertz CT molecular complexity index is 1170. The molecular weight excluding hydrogens is 442 g/mol. The number of methoxy groups -OCH3 is 1. The fourth-order valence-electron chi connectivity index (χ4n) is 3.91. The van der Waals surface area contributed by atoms with Crippen LogP contribution in [0.2, 0.25) is 0 Å². The highest BCUT2D eigenvalue weighted by Crippen LogP contribution is 2.25. The van der Waals surface area contributed by atoms with Gasteiger partial charge in [-0.1, -0.05) is 6.07 Å². The SMILES string of the molecule is COc1ccc(NS(=O)(=O)c2cccc(C(=O)NC[C@@H](c3ccco3)N3CCCC3)c2)cc1. The van der Waals surface area contributed by atoms with E-state index in [1.807, 2.05) is 12.1 Å². The Labute approximate surface area is 193 Å². The van der Waals surface area contributed by atoms with Crippen molar-refractivity contribution in [2.24, 2.45) is 0 Å². The maximum atomic E-state index is 12.9. The van der Waals surface area contributed by atoms with Gasteiger partial charge < -0.3 is 14.5 Å². The summed E-state index contributed by atoms with van der Waals surface area (Å²) in [6.07, 6.45) is 3.86. The monoisotopic (exact) mass is 469 g/mol. The third-order valence-electron chi connectivity index (χ3n) is 5.66. The van der Waals surface area contributed by atoms with Gasteiger partial charge in [-0.15, -0.1) is 0 Å². The molecule has 1 atom stereocenters. The molecule has 0 aliphatic carbocycles. The summed E-state index contributed by atoms with van der Waals surface area (Å²) in [5.74, 6) is 1.09. The Morgan fingerprint density at radius 2 is 1.85 bits per heavy atom. The predicted molar refractivity (Wildman–Crippen MR) is 125 cm³/mol. The van der Waals surface area contributed by atoms with Gasteiger partial charge in [-0.3, -0.25) is 14.4 Å². The number of carbonyl (C=O) groups excluding carboxylic acids is 1. The van der Waals surface area contributed by atoms with Crippen molar-refractivity contribution in [1.29, 1.82) is 0 Å². The van der Waals surface area contributed by atoms with Gasteiger partial charge in [-0.2, -0.15) is 0 Å². The van der Waals surface area contributed by atoms with Crippen LogP contribution in [0.3, 0.4) is 0 Å². The molecule has 174 valence electrons. The molecule has 2 heterocycles. The number of benzene rings is 2. The Hall–Kier alpha value is -3.30. The molecule has 1 fully saturated rings. The van der Waals surface area contributed by atoms with Gasteiger partial charge in [0.25, 0.3) is 15.9 Å². The number of sulfonamides is 1. The standard InChI is InChI=1S/C24H27N3O5S/c1-31-20-11-9-19(10-12-20)26-33(29,30)21-7-4-6-18(16-21)24(28)25-17-22(23-8-5-15-32-23)27-13-2-3-14-27/h4-12,15-16,22,26H,2-3,13-14,17H2,1H3,(H,25,28)/t22-/m0/s1. The lowest BCUT2D eigenvalue weighted by atomic mass is 10.1. The quantitative estimate of drug-likeness (QED) is 0.496. The highest BCUT2D eigenvalue weighted by Gasteiger charge is 2.26. The number of anilines is 1. The first-order chi connectivity index (χ1) is 16.0. The van der Waals surface area contributed by atoms with E-state index in [2.05, 4.69) is 14.9 Å². The molecule has 0 saturated carbocycles. The van der Waals surface area contributed by atoms with Crippen LogP contribution < -0.4 is 14.8 Å². The van der Waals surface area contributed by atoms with E-state index in [-0.39, 0.29) is 22.4 Å². The van der Waals surface area contributed by atoms with E-state index in [9.17, 15) is 13.2 Å². The van der Waals surface area contributed by atoms with Crippen LogP contribution >= 0.6 is 0 Å². The lowest BCUT2D eigenvalue weighted by molar-refractivity contribution is 0.0933. The van der Waals surface area contributed by atoms with Crippen LogP contribution in [0.1, 0.15) is 35.0 Å². The Balaban J connectivity index is 1.45. The molecule has 3 aromatic rings. The summed E-state index contributed by atoms with van der Waals surface area (Å²) >= 11 is 0. The number of likely N-dealkylation sites (tertiary alicyclic amines) is 1. The van der Waals surface area contributed by atoms with Crippen LogP contribution in [0.15, 0.2) is 76.2 Å². The molecule has 9 heteroatoms. The highest BCUT2D eigenvalue weighted by molar-refractivity contribution is 7.92. The van der Waals surface area contributed by atoms with Gasteiger partial charge in [0, 0.05) is 17.8 Å². The first-order valence-electron chi connectivity index (χ1n) is 10.8. The molecule has 0 radical (unpaired) electrons. The van der Waals surface area contributed by atoms with Crippen molar-refractivity contribution in [3.8, 4) is 5.75 Å². The average molecular weight is 470 g/mol. The number of ether oxygens (including phenoxy) is 1. The van der Waals surface area contributed by atoms with Crippen LogP contribution in [-0.2, 0) is 10.0 Å². The second-order valence-electron chi connectivity index (χ2n) is 7.85. The molecule has 1 aliphatic heterocycles. The van der Waals surface area contributed by atoms with Crippen LogP contribution in [0, 0.1) is 0 Å². The minimum Gasteiger partial charge on any atom is -0.497 e. The van der Waals surface area contributed by atoms with Gasteiger partial charge in [0.05, 0.1) is 24.3 Å². The third-order valence-corrected chi connectivity index (χ3v) is 7.04. The summed E-state index contributed by atoms with van der Waals surface area (Å²) in [7, 11) is -2.32. The molecule has 1 amide bonds. The molecular formula is C24H27N3O5S. The zero-order valence-electron chi connectivity index (χ0n) is 18.4. The zero-order chi connectivity index (χ0) is 23.3. The van der Waals surface area contributed by atoms with Crippen molar-refractivity contribution in [3.63, 3.8) is 0 Å². The second-order valence-corrected chi connectivity index (χ2v) is 9.53. The molecule has 0 bridgehead atoms. The molecule has 2 aromatic carbocycles. The normalized spacial score (nSPS) is 15.2. The van der Waals surface area contributed by atoms with Crippen molar-refractivity contribution < 1.29 is 22.4 Å². The number of hydrogen-bond acceptors (Lipinski definition) is 6. The molecule has 1 aromatic heterocycles. The van der Waals surface area contributed by atoms with E-state index in [0.29, 0.717) is 18.0 Å². The van der Waals surface area contributed by atoms with Crippen molar-refractivity contribution in [2.45, 2.75) is 23.8 Å². The van der Waals surface area contributed by atoms with Gasteiger partial charge in [0.1, 0.15) is 11.5 Å². The lowest BCUT2D eigenvalue weighted by Gasteiger charge is -2.26. The Morgan fingerprint density at radius 1 is 1.09 bits per heavy atom. The lowest BCUT2D eigenvalue weighted by Crippen LogP contribution is -2.36. The first-order valence-corrected chi connectivity index (χ1v) is 12.3. The Kier molecular flexibility index (Phi) is 7.00. The van der Waals surface area contributed by atoms with E-state index in [0.717, 1.165) is 31.7 Å². The number of nitrogens with one attached hydrogen (secondary N) is 2. The molecule has 8 nitrogen and oxygen atoms in total. The summed E-state index contributed by atoms with van der Waals surface area (Å²) in [6, 6.07) is 16.2. The maximum Gasteiger partial charge on any atom is 0.261 e. The Morgan fingerprint density at radius 3 is 2.52 bits per heavy atom. The molecule has 33 heavy (non-hydrogen) atoms. The minimum absolute atomic E-state index is 0.00750. The molecule has 0 spiro atoms. The number of nitrogens with zero attached hydrogens (tertiary/aromatic N) is 1. The van der Waals surface area contributed by atoms with Gasteiger partial charge >= 0.3 is 0 Å². The second kappa shape index (κ2) is 10.1. The fourth-order valence-corrected chi connectivity index (χ4v) is 5.02. The summed E-state index contributed by atoms with van der Waals surface area (Å²) in [5.41, 5.74) is 0.671. The van der Waals surface area contributed by atoms with Crippen LogP contribution in [-0.4, -0.2) is 46.0 Å². The van der Waals surface area contributed by atoms with Gasteiger partial charge in [0.15, 0.2) is 0 Å². The molecule has 0 unspecified atom stereocenters. The molecule has 2 N–H and O–H groups in total. The smallest absolute Gasteiger partial charge is 0.261 e. The van der Waals surface area contributed by atoms with Gasteiger partial charge in [-0.05, 0) is 80.5 Å². The summed E-state index contributed by atoms with van der Waals surface area (Å²) in [4.78, 5) is 15.2. The zero-order valence-corrected chi connectivity index (χ0v) is 19.2. The number of rotatable bonds is 9. The summed E-state index contributed by atoms with van der Waals surface area (Å²) in [5, 5.41) is 2.94. The van der Waals surface area contributed by atoms with E-state index < -0.39 is 10.0 Å². The largest absolute Gasteiger partial charge is 0.497 e. The van der Waals surface area contributed by atoms with Crippen LogP contribution in [0.4, 0.5) is 5.69 Å². The van der Waals surface area contributed by atoms with Gasteiger partial charge in [0.2, 0.25) is 0 Å². The minimum atomic E-state index is -3.86. The number of amides is 1. The molecule has 1 saturated heterocycles. The number of carbonyl (C=O) groups is 1. The first kappa shape index (κ1) is 22.9. The maximum absolute atomic E-state index is 12.9. The average Bonchev–Trinajstić information content (AvgIpc) is 3.55. The summed E-state index contributed by atoms with van der Waals surface area (Å²) < 4.78 is 38.9. The number of furan rings is 1. The van der Waals surface area contributed by atoms with Crippen molar-refractivity contribution >= 4 is 21.6 Å². The van der Waals surface area contributed by atoms with Crippen molar-refractivity contribution in [3.05, 3.63) is 78.3 Å². The van der Waals surface area contributed by atoms with E-state index in [1.165, 1.54) is 19.2 Å². The van der Waals surface area contributed by atoms with Crippen molar-refractivity contribution in [1.82, 2.24) is 10.2 Å². The number of hydrogen-bond donors (Lipinski definition) is 2. The molecule has 1 aliphatic rings. The van der Waals surface area contributed by atoms with Crippen LogP contribution in [0.5, 0.6) is 5.75 Å². The van der Waals surface area contributed by atoms with E-state index in [4.69, 9.17) is 9.15 Å². The predicted octanol–water partition coefficient (Wildman–Crippen LogP) is 3.66. The van der Waals surface area contributed by atoms with Crippen molar-refractivity contribution in [2.75, 3.05) is 31.5 Å².